The number of aromatic hydroxyl groups is 2. The average Bonchev–Trinajstić information content (AvgIpc) is 2.56. The molecule has 2 rings (SSSR count). The zero-order chi connectivity index (χ0) is 11.9. The Bertz CT molecular complexity index is 532. The Balaban J connectivity index is 2.61. The molecule has 0 amide bonds. The summed E-state index contributed by atoms with van der Waals surface area (Å²) < 4.78 is 1.92. The summed E-state index contributed by atoms with van der Waals surface area (Å²) in [5.41, 5.74) is 6.60. The number of nitrogens with two attached hydrogens (primary N) is 1. The van der Waals surface area contributed by atoms with Crippen LogP contribution in [0, 0.1) is 0 Å². The second-order valence-corrected chi connectivity index (χ2v) is 4.22. The Kier molecular flexibility index (Phi) is 2.51. The van der Waals surface area contributed by atoms with E-state index in [1.165, 1.54) is 4.68 Å². The number of aryl methyl sites for hydroxylation is 1. The van der Waals surface area contributed by atoms with Crippen molar-refractivity contribution in [2.45, 2.75) is 0 Å². The number of hydrogen-bond acceptors (Lipinski definition) is 4. The fourth-order valence-electron chi connectivity index (χ4n) is 1.38. The van der Waals surface area contributed by atoms with Crippen LogP contribution < -0.4 is 5.73 Å². The first-order valence-electron chi connectivity index (χ1n) is 4.51. The highest BCUT2D eigenvalue weighted by Gasteiger charge is 2.14. The molecule has 0 spiro atoms. The smallest absolute Gasteiger partial charge is 0.172 e. The Morgan fingerprint density at radius 2 is 2.00 bits per heavy atom. The molecule has 0 saturated carbocycles. The van der Waals surface area contributed by atoms with Crippen molar-refractivity contribution in [3.8, 4) is 22.8 Å². The summed E-state index contributed by atoms with van der Waals surface area (Å²) in [6, 6.07) is 4.92. The summed E-state index contributed by atoms with van der Waals surface area (Å²) in [6.07, 6.45) is 0. The standard InChI is InChI=1S/C10H10BrN3O2/c1-14-8(12)4-7(13-14)5-2-3-6(11)10(16)9(5)15/h2-4,15-16H,12H2,1H3. The van der Waals surface area contributed by atoms with Crippen LogP contribution in [0.25, 0.3) is 11.3 Å². The topological polar surface area (TPSA) is 84.3 Å². The number of phenolic OH excluding ortho intramolecular Hbond substituents is 2. The minimum absolute atomic E-state index is 0.207. The third-order valence-corrected chi connectivity index (χ3v) is 2.93. The maximum atomic E-state index is 9.76. The van der Waals surface area contributed by atoms with Crippen molar-refractivity contribution < 1.29 is 10.2 Å². The van der Waals surface area contributed by atoms with Gasteiger partial charge in [0.2, 0.25) is 0 Å². The molecule has 16 heavy (non-hydrogen) atoms. The summed E-state index contributed by atoms with van der Waals surface area (Å²) in [5.74, 6) is 0.0611. The number of hydrogen-bond donors (Lipinski definition) is 3. The van der Waals surface area contributed by atoms with Crippen molar-refractivity contribution in [1.82, 2.24) is 9.78 Å². The molecule has 1 heterocycles. The molecule has 5 nitrogen and oxygen atoms in total. The second kappa shape index (κ2) is 3.71. The predicted molar refractivity (Wildman–Crippen MR) is 64.1 cm³/mol. The lowest BCUT2D eigenvalue weighted by Crippen LogP contribution is -1.96. The summed E-state index contributed by atoms with van der Waals surface area (Å²) in [6.45, 7) is 0. The first kappa shape index (κ1) is 10.8. The van der Waals surface area contributed by atoms with E-state index in [0.29, 0.717) is 21.5 Å². The molecule has 0 aliphatic carbocycles. The number of halogens is 1. The normalized spacial score (nSPS) is 10.6. The highest BCUT2D eigenvalue weighted by Crippen LogP contribution is 2.40. The van der Waals surface area contributed by atoms with E-state index in [9.17, 15) is 10.2 Å². The fourth-order valence-corrected chi connectivity index (χ4v) is 1.69. The number of rotatable bonds is 1. The van der Waals surface area contributed by atoms with Crippen molar-refractivity contribution in [3.63, 3.8) is 0 Å². The van der Waals surface area contributed by atoms with Gasteiger partial charge in [-0.05, 0) is 28.1 Å². The van der Waals surface area contributed by atoms with Gasteiger partial charge in [-0.3, -0.25) is 4.68 Å². The lowest BCUT2D eigenvalue weighted by atomic mass is 10.1. The van der Waals surface area contributed by atoms with Crippen LogP contribution in [0.1, 0.15) is 0 Å². The quantitative estimate of drug-likeness (QED) is 0.698. The average molecular weight is 284 g/mol. The zero-order valence-corrected chi connectivity index (χ0v) is 10.1. The van der Waals surface area contributed by atoms with Gasteiger partial charge in [0.25, 0.3) is 0 Å². The van der Waals surface area contributed by atoms with E-state index >= 15 is 0 Å². The van der Waals surface area contributed by atoms with Crippen LogP contribution in [-0.2, 0) is 7.05 Å². The molecule has 0 saturated heterocycles. The molecule has 2 aromatic rings. The number of nitrogen functional groups attached to an aromatic ring is 1. The first-order valence-corrected chi connectivity index (χ1v) is 5.30. The lowest BCUT2D eigenvalue weighted by Gasteiger charge is -2.04. The fraction of sp³-hybridized carbons (Fsp3) is 0.100. The van der Waals surface area contributed by atoms with Crippen molar-refractivity contribution in [1.29, 1.82) is 0 Å². The Morgan fingerprint density at radius 1 is 1.31 bits per heavy atom. The summed E-state index contributed by atoms with van der Waals surface area (Å²) in [5, 5.41) is 23.4. The summed E-state index contributed by atoms with van der Waals surface area (Å²) in [4.78, 5) is 0. The molecular formula is C10H10BrN3O2. The molecular weight excluding hydrogens is 274 g/mol. The van der Waals surface area contributed by atoms with Gasteiger partial charge in [-0.2, -0.15) is 5.10 Å². The molecule has 0 atom stereocenters. The van der Waals surface area contributed by atoms with Crippen molar-refractivity contribution in [2.75, 3.05) is 5.73 Å². The highest BCUT2D eigenvalue weighted by atomic mass is 79.9. The summed E-state index contributed by atoms with van der Waals surface area (Å²) >= 11 is 3.11. The van der Waals surface area contributed by atoms with Crippen LogP contribution in [0.2, 0.25) is 0 Å². The SMILES string of the molecule is Cn1nc(-c2ccc(Br)c(O)c2O)cc1N. The third kappa shape index (κ3) is 1.61. The van der Waals surface area contributed by atoms with Crippen LogP contribution in [0.5, 0.6) is 11.5 Å². The van der Waals surface area contributed by atoms with Crippen LogP contribution in [0.15, 0.2) is 22.7 Å². The maximum absolute atomic E-state index is 9.76. The molecule has 4 N–H and O–H groups in total. The van der Waals surface area contributed by atoms with E-state index in [2.05, 4.69) is 21.0 Å². The summed E-state index contributed by atoms with van der Waals surface area (Å²) in [7, 11) is 1.70. The van der Waals surface area contributed by atoms with Gasteiger partial charge >= 0.3 is 0 Å². The number of aromatic nitrogens is 2. The van der Waals surface area contributed by atoms with Gasteiger partial charge in [-0.15, -0.1) is 0 Å². The molecule has 0 aliphatic heterocycles. The molecule has 0 bridgehead atoms. The second-order valence-electron chi connectivity index (χ2n) is 3.37. The highest BCUT2D eigenvalue weighted by molar-refractivity contribution is 9.10. The van der Waals surface area contributed by atoms with Crippen molar-refractivity contribution in [2.24, 2.45) is 7.05 Å². The van der Waals surface area contributed by atoms with E-state index in [-0.39, 0.29) is 11.5 Å². The van der Waals surface area contributed by atoms with Gasteiger partial charge in [0.1, 0.15) is 5.82 Å². The van der Waals surface area contributed by atoms with Crippen LogP contribution in [0.4, 0.5) is 5.82 Å². The minimum Gasteiger partial charge on any atom is -0.504 e. The number of phenols is 2. The van der Waals surface area contributed by atoms with Crippen LogP contribution in [-0.4, -0.2) is 20.0 Å². The van der Waals surface area contributed by atoms with Crippen LogP contribution >= 0.6 is 15.9 Å². The largest absolute Gasteiger partial charge is 0.504 e. The zero-order valence-electron chi connectivity index (χ0n) is 8.48. The number of anilines is 1. The number of benzene rings is 1. The van der Waals surface area contributed by atoms with E-state index in [4.69, 9.17) is 5.73 Å². The van der Waals surface area contributed by atoms with Gasteiger partial charge in [0.15, 0.2) is 11.5 Å². The van der Waals surface area contributed by atoms with E-state index < -0.39 is 0 Å². The Labute approximate surface area is 100 Å². The third-order valence-electron chi connectivity index (χ3n) is 2.29. The van der Waals surface area contributed by atoms with E-state index in [0.717, 1.165) is 0 Å². The Morgan fingerprint density at radius 3 is 2.56 bits per heavy atom. The van der Waals surface area contributed by atoms with Gasteiger partial charge in [-0.1, -0.05) is 0 Å². The minimum atomic E-state index is -0.215. The molecule has 0 unspecified atom stereocenters. The molecule has 0 aliphatic rings. The maximum Gasteiger partial charge on any atom is 0.172 e. The molecule has 1 aromatic heterocycles. The van der Waals surface area contributed by atoms with Gasteiger partial charge in [-0.25, -0.2) is 0 Å². The predicted octanol–water partition coefficient (Wildman–Crippen LogP) is 1.84. The van der Waals surface area contributed by atoms with Gasteiger partial charge < -0.3 is 15.9 Å². The molecule has 0 fully saturated rings. The molecule has 1 aromatic carbocycles. The monoisotopic (exact) mass is 283 g/mol. The van der Waals surface area contributed by atoms with Gasteiger partial charge in [0, 0.05) is 18.7 Å². The molecule has 6 heteroatoms. The van der Waals surface area contributed by atoms with Crippen molar-refractivity contribution >= 4 is 21.7 Å². The molecule has 84 valence electrons. The van der Waals surface area contributed by atoms with Gasteiger partial charge in [0.05, 0.1) is 10.2 Å². The first-order chi connectivity index (χ1) is 7.50. The molecule has 0 radical (unpaired) electrons. The lowest BCUT2D eigenvalue weighted by molar-refractivity contribution is 0.402. The van der Waals surface area contributed by atoms with Crippen molar-refractivity contribution in [3.05, 3.63) is 22.7 Å². The van der Waals surface area contributed by atoms with E-state index in [1.807, 2.05) is 0 Å². The Hall–Kier alpha value is -1.69. The van der Waals surface area contributed by atoms with E-state index in [1.54, 1.807) is 25.2 Å². The van der Waals surface area contributed by atoms with Crippen LogP contribution in [0.3, 0.4) is 0 Å². The number of nitrogens with zero attached hydrogens (tertiary/aromatic N) is 2.